The van der Waals surface area contributed by atoms with Crippen molar-refractivity contribution in [3.05, 3.63) is 29.8 Å². The molecule has 1 aromatic rings. The van der Waals surface area contributed by atoms with E-state index in [9.17, 15) is 9.59 Å². The molecule has 118 valence electrons. The number of carbonyl (C=O) groups is 2. The molecule has 0 saturated heterocycles. The average Bonchev–Trinajstić information content (AvgIpc) is 2.40. The third-order valence-electron chi connectivity index (χ3n) is 2.71. The van der Waals surface area contributed by atoms with Crippen molar-refractivity contribution in [3.63, 3.8) is 0 Å². The smallest absolute Gasteiger partial charge is 0.320 e. The average molecular weight is 298 g/mol. The van der Waals surface area contributed by atoms with Gasteiger partial charge >= 0.3 is 11.9 Å². The number of aromatic hydroxyl groups is 1. The van der Waals surface area contributed by atoms with Gasteiger partial charge in [0.15, 0.2) is 0 Å². The predicted molar refractivity (Wildman–Crippen MR) is 77.9 cm³/mol. The molecule has 2 atom stereocenters. The van der Waals surface area contributed by atoms with Gasteiger partial charge < -0.3 is 26.8 Å². The van der Waals surface area contributed by atoms with Crippen LogP contribution in [0.5, 0.6) is 5.75 Å². The first-order valence-electron chi connectivity index (χ1n) is 6.39. The number of hydrogen-bond donors (Lipinski definition) is 5. The van der Waals surface area contributed by atoms with Crippen LogP contribution in [-0.4, -0.2) is 39.3 Å². The van der Waals surface area contributed by atoms with E-state index in [2.05, 4.69) is 0 Å². The fourth-order valence-electron chi connectivity index (χ4n) is 1.26. The van der Waals surface area contributed by atoms with Gasteiger partial charge in [0.25, 0.3) is 0 Å². The number of benzene rings is 1. The molecule has 0 spiro atoms. The minimum absolute atomic E-state index is 0.0208. The van der Waals surface area contributed by atoms with E-state index in [0.717, 1.165) is 5.56 Å². The number of carboxylic acids is 2. The van der Waals surface area contributed by atoms with E-state index in [-0.39, 0.29) is 18.1 Å². The second-order valence-corrected chi connectivity index (χ2v) is 4.92. The number of carboxylic acid groups (broad SMARTS) is 2. The zero-order valence-corrected chi connectivity index (χ0v) is 12.1. The molecule has 0 aliphatic rings. The number of rotatable bonds is 5. The van der Waals surface area contributed by atoms with Gasteiger partial charge in [-0.2, -0.15) is 0 Å². The van der Waals surface area contributed by atoms with Crippen molar-refractivity contribution in [2.75, 3.05) is 0 Å². The van der Waals surface area contributed by atoms with Crippen LogP contribution < -0.4 is 11.5 Å². The second kappa shape index (κ2) is 8.93. The lowest BCUT2D eigenvalue weighted by molar-refractivity contribution is -0.140. The number of phenols is 1. The summed E-state index contributed by atoms with van der Waals surface area (Å²) in [5.74, 6) is -1.77. The molecular formula is C14H22N2O5. The highest BCUT2D eigenvalue weighted by Crippen LogP contribution is 2.10. The molecule has 1 aromatic carbocycles. The number of nitrogens with two attached hydrogens (primary N) is 2. The van der Waals surface area contributed by atoms with E-state index in [0.29, 0.717) is 0 Å². The highest BCUT2D eigenvalue weighted by atomic mass is 16.4. The Balaban J connectivity index is 0.000000433. The minimum atomic E-state index is -1.02. The highest BCUT2D eigenvalue weighted by Gasteiger charge is 2.14. The molecular weight excluding hydrogens is 276 g/mol. The summed E-state index contributed by atoms with van der Waals surface area (Å²) in [6.45, 7) is 3.55. The predicted octanol–water partition coefficient (Wildman–Crippen LogP) is 0.401. The molecule has 21 heavy (non-hydrogen) atoms. The van der Waals surface area contributed by atoms with Crippen LogP contribution in [0, 0.1) is 5.92 Å². The van der Waals surface area contributed by atoms with E-state index in [1.807, 2.05) is 0 Å². The minimum Gasteiger partial charge on any atom is -0.508 e. The van der Waals surface area contributed by atoms with Gasteiger partial charge in [-0.05, 0) is 30.0 Å². The Bertz CT molecular complexity index is 459. The summed E-state index contributed by atoms with van der Waals surface area (Å²) in [6, 6.07) is 4.71. The molecule has 0 radical (unpaired) electrons. The van der Waals surface area contributed by atoms with Crippen LogP contribution in [0.3, 0.4) is 0 Å². The summed E-state index contributed by atoms with van der Waals surface area (Å²) in [4.78, 5) is 20.4. The Morgan fingerprint density at radius 3 is 1.81 bits per heavy atom. The van der Waals surface area contributed by atoms with Crippen LogP contribution in [0.2, 0.25) is 0 Å². The van der Waals surface area contributed by atoms with E-state index < -0.39 is 24.0 Å². The summed E-state index contributed by atoms with van der Waals surface area (Å²) >= 11 is 0. The Hall–Kier alpha value is -2.12. The van der Waals surface area contributed by atoms with Gasteiger partial charge in [0.2, 0.25) is 0 Å². The molecule has 2 unspecified atom stereocenters. The number of aliphatic carboxylic acids is 2. The molecule has 0 aliphatic heterocycles. The van der Waals surface area contributed by atoms with Crippen molar-refractivity contribution in [2.24, 2.45) is 17.4 Å². The summed E-state index contributed by atoms with van der Waals surface area (Å²) in [5.41, 5.74) is 11.3. The third-order valence-corrected chi connectivity index (χ3v) is 2.71. The Labute approximate surface area is 123 Å². The monoisotopic (exact) mass is 298 g/mol. The summed E-state index contributed by atoms with van der Waals surface area (Å²) in [5, 5.41) is 25.7. The van der Waals surface area contributed by atoms with Crippen LogP contribution in [0.4, 0.5) is 0 Å². The topological polar surface area (TPSA) is 147 Å². The Morgan fingerprint density at radius 2 is 1.52 bits per heavy atom. The quantitative estimate of drug-likeness (QED) is 0.528. The Kier molecular flexibility index (Phi) is 8.03. The number of hydrogen-bond acceptors (Lipinski definition) is 5. The van der Waals surface area contributed by atoms with Crippen molar-refractivity contribution in [3.8, 4) is 5.75 Å². The van der Waals surface area contributed by atoms with Crippen LogP contribution in [-0.2, 0) is 16.0 Å². The summed E-state index contributed by atoms with van der Waals surface area (Å²) in [7, 11) is 0. The van der Waals surface area contributed by atoms with Gasteiger partial charge in [0.05, 0.1) is 0 Å². The SMILES string of the molecule is CC(C)C(N)C(=O)O.NC(Cc1ccc(O)cc1)C(=O)O. The maximum Gasteiger partial charge on any atom is 0.320 e. The third kappa shape index (κ3) is 7.91. The fourth-order valence-corrected chi connectivity index (χ4v) is 1.26. The van der Waals surface area contributed by atoms with E-state index >= 15 is 0 Å². The van der Waals surface area contributed by atoms with Gasteiger partial charge in [0, 0.05) is 0 Å². The van der Waals surface area contributed by atoms with Crippen molar-refractivity contribution in [1.29, 1.82) is 0 Å². The molecule has 7 heteroatoms. The van der Waals surface area contributed by atoms with Gasteiger partial charge in [-0.25, -0.2) is 0 Å². The molecule has 0 aromatic heterocycles. The summed E-state index contributed by atoms with van der Waals surface area (Å²) < 4.78 is 0. The molecule has 7 N–H and O–H groups in total. The van der Waals surface area contributed by atoms with Gasteiger partial charge in [0.1, 0.15) is 17.8 Å². The maximum atomic E-state index is 10.4. The zero-order valence-electron chi connectivity index (χ0n) is 12.1. The molecule has 0 heterocycles. The van der Waals surface area contributed by atoms with Gasteiger partial charge in [-0.3, -0.25) is 9.59 Å². The Morgan fingerprint density at radius 1 is 1.05 bits per heavy atom. The van der Waals surface area contributed by atoms with Crippen LogP contribution in [0.25, 0.3) is 0 Å². The number of phenolic OH excluding ortho intramolecular Hbond substituents is 1. The maximum absolute atomic E-state index is 10.4. The van der Waals surface area contributed by atoms with Gasteiger partial charge in [-0.15, -0.1) is 0 Å². The van der Waals surface area contributed by atoms with E-state index in [4.69, 9.17) is 26.8 Å². The van der Waals surface area contributed by atoms with Crippen molar-refractivity contribution in [1.82, 2.24) is 0 Å². The lowest BCUT2D eigenvalue weighted by Gasteiger charge is -2.07. The van der Waals surface area contributed by atoms with E-state index in [1.54, 1.807) is 26.0 Å². The molecule has 0 aliphatic carbocycles. The standard InChI is InChI=1S/C9H11NO3.C5H11NO2/c10-8(9(12)13)5-6-1-3-7(11)4-2-6;1-3(2)4(6)5(7)8/h1-4,8,11H,5,10H2,(H,12,13);3-4H,6H2,1-2H3,(H,7,8). The lowest BCUT2D eigenvalue weighted by Crippen LogP contribution is -2.34. The lowest BCUT2D eigenvalue weighted by atomic mass is 10.1. The molecule has 0 bridgehead atoms. The van der Waals surface area contributed by atoms with Crippen molar-refractivity contribution < 1.29 is 24.9 Å². The first kappa shape index (κ1) is 18.9. The van der Waals surface area contributed by atoms with E-state index in [1.165, 1.54) is 12.1 Å². The molecule has 0 amide bonds. The van der Waals surface area contributed by atoms with Crippen LogP contribution in [0.15, 0.2) is 24.3 Å². The van der Waals surface area contributed by atoms with Gasteiger partial charge in [-0.1, -0.05) is 26.0 Å². The van der Waals surface area contributed by atoms with Crippen LogP contribution in [0.1, 0.15) is 19.4 Å². The zero-order chi connectivity index (χ0) is 16.6. The fraction of sp³-hybridized carbons (Fsp3) is 0.429. The largest absolute Gasteiger partial charge is 0.508 e. The van der Waals surface area contributed by atoms with Crippen molar-refractivity contribution in [2.45, 2.75) is 32.4 Å². The second-order valence-electron chi connectivity index (χ2n) is 4.92. The normalized spacial score (nSPS) is 13.0. The molecule has 0 saturated carbocycles. The first-order chi connectivity index (χ1) is 9.65. The molecule has 1 rings (SSSR count). The van der Waals surface area contributed by atoms with Crippen molar-refractivity contribution >= 4 is 11.9 Å². The first-order valence-corrected chi connectivity index (χ1v) is 6.39. The van der Waals surface area contributed by atoms with Crippen LogP contribution >= 0.6 is 0 Å². The molecule has 7 nitrogen and oxygen atoms in total. The molecule has 0 fully saturated rings. The summed E-state index contributed by atoms with van der Waals surface area (Å²) in [6.07, 6.45) is 0.273. The highest BCUT2D eigenvalue weighted by molar-refractivity contribution is 5.73.